The van der Waals surface area contributed by atoms with Crippen molar-refractivity contribution in [3.8, 4) is 5.69 Å². The first-order valence-electron chi connectivity index (χ1n) is 8.27. The lowest BCUT2D eigenvalue weighted by molar-refractivity contribution is -0.125. The molecule has 0 radical (unpaired) electrons. The van der Waals surface area contributed by atoms with Crippen LogP contribution in [0.1, 0.15) is 23.3 Å². The largest absolute Gasteiger partial charge is 0.359 e. The number of nitrogens with one attached hydrogen (secondary N) is 1. The van der Waals surface area contributed by atoms with Crippen molar-refractivity contribution in [2.75, 3.05) is 20.1 Å². The summed E-state index contributed by atoms with van der Waals surface area (Å²) in [5.74, 6) is -0.261. The standard InChI is InChI=1S/C18H20N4O3/c1-19-17(24)13-9-11-21(12-10-13)18(25)15-7-8-16(23)22(20-15)14-5-3-2-4-6-14/h2-8,13H,9-12H2,1H3,(H,19,24). The van der Waals surface area contributed by atoms with Crippen molar-refractivity contribution in [1.29, 1.82) is 0 Å². The van der Waals surface area contributed by atoms with Gasteiger partial charge in [-0.1, -0.05) is 18.2 Å². The average molecular weight is 340 g/mol. The zero-order valence-corrected chi connectivity index (χ0v) is 14.0. The van der Waals surface area contributed by atoms with Crippen molar-refractivity contribution >= 4 is 11.8 Å². The Kier molecular flexibility index (Phi) is 4.92. The normalized spacial score (nSPS) is 15.0. The van der Waals surface area contributed by atoms with Crippen LogP contribution in [0, 0.1) is 5.92 Å². The summed E-state index contributed by atoms with van der Waals surface area (Å²) in [7, 11) is 1.62. The molecule has 0 unspecified atom stereocenters. The van der Waals surface area contributed by atoms with Gasteiger partial charge in [-0.15, -0.1) is 0 Å². The number of likely N-dealkylation sites (tertiary alicyclic amines) is 1. The third-order valence-corrected chi connectivity index (χ3v) is 4.42. The molecule has 1 N–H and O–H groups in total. The molecule has 130 valence electrons. The third-order valence-electron chi connectivity index (χ3n) is 4.42. The second-order valence-electron chi connectivity index (χ2n) is 5.98. The van der Waals surface area contributed by atoms with E-state index in [1.165, 1.54) is 16.8 Å². The van der Waals surface area contributed by atoms with E-state index in [0.717, 1.165) is 0 Å². The number of para-hydroxylation sites is 1. The van der Waals surface area contributed by atoms with Gasteiger partial charge in [0.2, 0.25) is 5.91 Å². The van der Waals surface area contributed by atoms with E-state index in [1.54, 1.807) is 24.1 Å². The number of carbonyl (C=O) groups is 2. The Morgan fingerprint density at radius 2 is 1.76 bits per heavy atom. The molecule has 0 aliphatic carbocycles. The Morgan fingerprint density at radius 1 is 1.08 bits per heavy atom. The summed E-state index contributed by atoms with van der Waals surface area (Å²) in [6, 6.07) is 11.8. The Morgan fingerprint density at radius 3 is 2.40 bits per heavy atom. The number of rotatable bonds is 3. The Hall–Kier alpha value is -2.96. The van der Waals surface area contributed by atoms with Crippen LogP contribution in [0.2, 0.25) is 0 Å². The van der Waals surface area contributed by atoms with Gasteiger partial charge in [-0.3, -0.25) is 14.4 Å². The van der Waals surface area contributed by atoms with Gasteiger partial charge >= 0.3 is 0 Å². The first-order valence-corrected chi connectivity index (χ1v) is 8.27. The average Bonchev–Trinajstić information content (AvgIpc) is 2.68. The molecule has 3 rings (SSSR count). The van der Waals surface area contributed by atoms with Gasteiger partial charge < -0.3 is 10.2 Å². The topological polar surface area (TPSA) is 84.3 Å². The van der Waals surface area contributed by atoms with Gasteiger partial charge in [0.15, 0.2) is 0 Å². The minimum absolute atomic E-state index is 0.0165. The summed E-state index contributed by atoms with van der Waals surface area (Å²) in [4.78, 5) is 38.1. The number of nitrogens with zero attached hydrogens (tertiary/aromatic N) is 3. The van der Waals surface area contributed by atoms with Gasteiger partial charge in [0.1, 0.15) is 5.69 Å². The van der Waals surface area contributed by atoms with Crippen LogP contribution in [0.5, 0.6) is 0 Å². The fourth-order valence-corrected chi connectivity index (χ4v) is 2.99. The molecular formula is C18H20N4O3. The van der Waals surface area contributed by atoms with Crippen LogP contribution in [0.25, 0.3) is 5.69 Å². The van der Waals surface area contributed by atoms with E-state index in [0.29, 0.717) is 31.6 Å². The first-order chi connectivity index (χ1) is 12.1. The highest BCUT2D eigenvalue weighted by atomic mass is 16.2. The molecular weight excluding hydrogens is 320 g/mol. The predicted molar refractivity (Wildman–Crippen MR) is 92.5 cm³/mol. The SMILES string of the molecule is CNC(=O)C1CCN(C(=O)c2ccc(=O)n(-c3ccccc3)n2)CC1. The summed E-state index contributed by atoms with van der Waals surface area (Å²) < 4.78 is 1.23. The molecule has 1 aliphatic heterocycles. The van der Waals surface area contributed by atoms with Crippen molar-refractivity contribution in [2.45, 2.75) is 12.8 Å². The maximum absolute atomic E-state index is 12.7. The van der Waals surface area contributed by atoms with E-state index >= 15 is 0 Å². The Balaban J connectivity index is 1.78. The van der Waals surface area contributed by atoms with E-state index in [9.17, 15) is 14.4 Å². The number of carbonyl (C=O) groups excluding carboxylic acids is 2. The summed E-state index contributed by atoms with van der Waals surface area (Å²) in [6.07, 6.45) is 1.26. The number of piperidine rings is 1. The van der Waals surface area contributed by atoms with E-state index in [4.69, 9.17) is 0 Å². The highest BCUT2D eigenvalue weighted by Crippen LogP contribution is 2.18. The number of hydrogen-bond acceptors (Lipinski definition) is 4. The van der Waals surface area contributed by atoms with Gasteiger partial charge in [-0.25, -0.2) is 0 Å². The molecule has 1 fully saturated rings. The van der Waals surface area contributed by atoms with Crippen molar-refractivity contribution in [2.24, 2.45) is 5.92 Å². The van der Waals surface area contributed by atoms with E-state index in [-0.39, 0.29) is 29.0 Å². The number of amides is 2. The quantitative estimate of drug-likeness (QED) is 0.897. The van der Waals surface area contributed by atoms with Gasteiger partial charge in [-0.2, -0.15) is 9.78 Å². The van der Waals surface area contributed by atoms with Crippen molar-refractivity contribution < 1.29 is 9.59 Å². The van der Waals surface area contributed by atoms with Crippen LogP contribution in [-0.4, -0.2) is 46.6 Å². The Bertz CT molecular complexity index is 824. The van der Waals surface area contributed by atoms with Crippen LogP contribution >= 0.6 is 0 Å². The van der Waals surface area contributed by atoms with E-state index < -0.39 is 0 Å². The first kappa shape index (κ1) is 16.9. The lowest BCUT2D eigenvalue weighted by atomic mass is 9.96. The number of benzene rings is 1. The fourth-order valence-electron chi connectivity index (χ4n) is 2.99. The van der Waals surface area contributed by atoms with Crippen molar-refractivity contribution in [1.82, 2.24) is 20.0 Å². The molecule has 1 saturated heterocycles. The monoisotopic (exact) mass is 340 g/mol. The molecule has 7 heteroatoms. The van der Waals surface area contributed by atoms with Crippen LogP contribution in [0.15, 0.2) is 47.3 Å². The molecule has 0 bridgehead atoms. The summed E-state index contributed by atoms with van der Waals surface area (Å²) in [5.41, 5.74) is 0.545. The van der Waals surface area contributed by atoms with Gasteiger partial charge in [0, 0.05) is 32.1 Å². The second kappa shape index (κ2) is 7.29. The maximum Gasteiger partial charge on any atom is 0.274 e. The van der Waals surface area contributed by atoms with E-state index in [2.05, 4.69) is 10.4 Å². The third kappa shape index (κ3) is 3.60. The lowest BCUT2D eigenvalue weighted by Crippen LogP contribution is -2.43. The molecule has 1 aromatic carbocycles. The summed E-state index contributed by atoms with van der Waals surface area (Å²) in [5, 5.41) is 6.87. The fraction of sp³-hybridized carbons (Fsp3) is 0.333. The van der Waals surface area contributed by atoms with Crippen molar-refractivity contribution in [3.63, 3.8) is 0 Å². The molecule has 1 aliphatic rings. The molecule has 0 spiro atoms. The molecule has 0 saturated carbocycles. The van der Waals surface area contributed by atoms with E-state index in [1.807, 2.05) is 18.2 Å². The molecule has 25 heavy (non-hydrogen) atoms. The van der Waals surface area contributed by atoms with Gasteiger partial charge in [0.25, 0.3) is 11.5 Å². The van der Waals surface area contributed by atoms with Crippen molar-refractivity contribution in [3.05, 3.63) is 58.5 Å². The van der Waals surface area contributed by atoms with Gasteiger partial charge in [0.05, 0.1) is 5.69 Å². The highest BCUT2D eigenvalue weighted by Gasteiger charge is 2.28. The zero-order chi connectivity index (χ0) is 17.8. The smallest absolute Gasteiger partial charge is 0.274 e. The van der Waals surface area contributed by atoms with Gasteiger partial charge in [-0.05, 0) is 31.0 Å². The Labute approximate surface area is 145 Å². The van der Waals surface area contributed by atoms with Crippen LogP contribution < -0.4 is 10.9 Å². The molecule has 2 aromatic rings. The number of aromatic nitrogens is 2. The molecule has 1 aromatic heterocycles. The molecule has 7 nitrogen and oxygen atoms in total. The molecule has 2 heterocycles. The number of hydrogen-bond donors (Lipinski definition) is 1. The minimum Gasteiger partial charge on any atom is -0.359 e. The highest BCUT2D eigenvalue weighted by molar-refractivity contribution is 5.92. The summed E-state index contributed by atoms with van der Waals surface area (Å²) in [6.45, 7) is 1.01. The predicted octanol–water partition coefficient (Wildman–Crippen LogP) is 0.831. The maximum atomic E-state index is 12.7. The molecule has 0 atom stereocenters. The van der Waals surface area contributed by atoms with Crippen LogP contribution in [0.3, 0.4) is 0 Å². The zero-order valence-electron chi connectivity index (χ0n) is 14.0. The van der Waals surface area contributed by atoms with Crippen LogP contribution in [-0.2, 0) is 4.79 Å². The minimum atomic E-state index is -0.291. The lowest BCUT2D eigenvalue weighted by Gasteiger charge is -2.30. The summed E-state index contributed by atoms with van der Waals surface area (Å²) >= 11 is 0. The second-order valence-corrected chi connectivity index (χ2v) is 5.98. The van der Waals surface area contributed by atoms with Crippen LogP contribution in [0.4, 0.5) is 0 Å². The molecule has 2 amide bonds.